The third kappa shape index (κ3) is 4.90. The maximum absolute atomic E-state index is 11.6. The minimum Gasteiger partial charge on any atom is -0.480 e. The van der Waals surface area contributed by atoms with E-state index in [1.807, 2.05) is 0 Å². The van der Waals surface area contributed by atoms with Crippen LogP contribution < -0.4 is 10.6 Å². The first-order valence-electron chi connectivity index (χ1n) is 5.96. The van der Waals surface area contributed by atoms with Crippen LogP contribution in [-0.4, -0.2) is 33.1 Å². The average Bonchev–Trinajstić information content (AvgIpc) is 2.32. The molecule has 1 rings (SSSR count). The van der Waals surface area contributed by atoms with Gasteiger partial charge in [-0.15, -0.1) is 0 Å². The lowest BCUT2D eigenvalue weighted by Gasteiger charge is -2.18. The molecule has 1 aromatic heterocycles. The van der Waals surface area contributed by atoms with Crippen LogP contribution in [0.2, 0.25) is 0 Å². The molecule has 0 saturated heterocycles. The molecule has 1 heterocycles. The first-order valence-corrected chi connectivity index (χ1v) is 5.96. The summed E-state index contributed by atoms with van der Waals surface area (Å²) in [4.78, 5) is 30.6. The van der Waals surface area contributed by atoms with Crippen LogP contribution in [0.4, 0.5) is 4.79 Å². The van der Waals surface area contributed by atoms with Gasteiger partial charge in [0, 0.05) is 6.20 Å². The third-order valence-corrected chi connectivity index (χ3v) is 2.48. The monoisotopic (exact) mass is 266 g/mol. The predicted molar refractivity (Wildman–Crippen MR) is 68.4 cm³/mol. The largest absolute Gasteiger partial charge is 0.480 e. The number of carboxylic acids is 1. The fourth-order valence-electron chi connectivity index (χ4n) is 1.48. The van der Waals surface area contributed by atoms with E-state index < -0.39 is 18.0 Å². The van der Waals surface area contributed by atoms with E-state index in [2.05, 4.69) is 20.6 Å². The maximum atomic E-state index is 11.6. The predicted octanol–water partition coefficient (Wildman–Crippen LogP) is 0.693. The maximum Gasteiger partial charge on any atom is 0.326 e. The van der Waals surface area contributed by atoms with Crippen molar-refractivity contribution < 1.29 is 14.7 Å². The van der Waals surface area contributed by atoms with Crippen molar-refractivity contribution >= 4 is 12.0 Å². The van der Waals surface area contributed by atoms with Crippen LogP contribution in [0.15, 0.2) is 12.3 Å². The van der Waals surface area contributed by atoms with Crippen molar-refractivity contribution in [3.63, 3.8) is 0 Å². The van der Waals surface area contributed by atoms with Crippen LogP contribution in [0.3, 0.4) is 0 Å². The number of urea groups is 1. The molecule has 0 radical (unpaired) electrons. The van der Waals surface area contributed by atoms with E-state index in [9.17, 15) is 9.59 Å². The number of aryl methyl sites for hydroxylation is 1. The molecule has 1 atom stereocenters. The highest BCUT2D eigenvalue weighted by Gasteiger charge is 2.23. The van der Waals surface area contributed by atoms with E-state index in [1.165, 1.54) is 0 Å². The van der Waals surface area contributed by atoms with Crippen molar-refractivity contribution in [2.24, 2.45) is 5.92 Å². The molecule has 0 aliphatic carbocycles. The lowest BCUT2D eigenvalue weighted by Crippen LogP contribution is -2.48. The first kappa shape index (κ1) is 14.9. The SMILES string of the molecule is Cc1nccc(CNC(=O)N[C@H](C(=O)O)C(C)C)n1. The molecule has 104 valence electrons. The fraction of sp³-hybridized carbons (Fsp3) is 0.500. The molecule has 0 aromatic carbocycles. The quantitative estimate of drug-likeness (QED) is 0.727. The highest BCUT2D eigenvalue weighted by atomic mass is 16.4. The summed E-state index contributed by atoms with van der Waals surface area (Å²) in [5, 5.41) is 13.9. The zero-order valence-corrected chi connectivity index (χ0v) is 11.2. The molecule has 7 heteroatoms. The van der Waals surface area contributed by atoms with E-state index >= 15 is 0 Å². The van der Waals surface area contributed by atoms with Gasteiger partial charge in [-0.2, -0.15) is 0 Å². The van der Waals surface area contributed by atoms with Crippen molar-refractivity contribution in [2.75, 3.05) is 0 Å². The van der Waals surface area contributed by atoms with Crippen LogP contribution in [0.1, 0.15) is 25.4 Å². The van der Waals surface area contributed by atoms with Crippen LogP contribution in [0.25, 0.3) is 0 Å². The molecule has 2 amide bonds. The topological polar surface area (TPSA) is 104 Å². The molecule has 0 bridgehead atoms. The fourth-order valence-corrected chi connectivity index (χ4v) is 1.48. The van der Waals surface area contributed by atoms with E-state index in [-0.39, 0.29) is 12.5 Å². The van der Waals surface area contributed by atoms with Crippen molar-refractivity contribution in [3.05, 3.63) is 23.8 Å². The highest BCUT2D eigenvalue weighted by molar-refractivity contribution is 5.82. The van der Waals surface area contributed by atoms with Crippen LogP contribution in [0.5, 0.6) is 0 Å². The number of hydrogen-bond acceptors (Lipinski definition) is 4. The van der Waals surface area contributed by atoms with Gasteiger partial charge < -0.3 is 15.7 Å². The number of carbonyl (C=O) groups excluding carboxylic acids is 1. The van der Waals surface area contributed by atoms with Gasteiger partial charge >= 0.3 is 12.0 Å². The summed E-state index contributed by atoms with van der Waals surface area (Å²) in [6, 6.07) is 0.245. The Morgan fingerprint density at radius 1 is 1.42 bits per heavy atom. The van der Waals surface area contributed by atoms with Gasteiger partial charge in [-0.05, 0) is 18.9 Å². The number of nitrogens with zero attached hydrogens (tertiary/aromatic N) is 2. The van der Waals surface area contributed by atoms with Crippen molar-refractivity contribution in [1.82, 2.24) is 20.6 Å². The Balaban J connectivity index is 2.49. The van der Waals surface area contributed by atoms with Crippen LogP contribution in [0, 0.1) is 12.8 Å². The number of aromatic nitrogens is 2. The summed E-state index contributed by atoms with van der Waals surface area (Å²) in [5.74, 6) is -0.627. The summed E-state index contributed by atoms with van der Waals surface area (Å²) < 4.78 is 0. The number of amides is 2. The average molecular weight is 266 g/mol. The Labute approximate surface area is 111 Å². The lowest BCUT2D eigenvalue weighted by molar-refractivity contribution is -0.140. The molecule has 0 aliphatic heterocycles. The minimum absolute atomic E-state index is 0.190. The molecular formula is C12H18N4O3. The summed E-state index contributed by atoms with van der Waals surface area (Å²) >= 11 is 0. The summed E-state index contributed by atoms with van der Waals surface area (Å²) in [6.45, 7) is 5.43. The smallest absolute Gasteiger partial charge is 0.326 e. The number of aliphatic carboxylic acids is 1. The third-order valence-electron chi connectivity index (χ3n) is 2.48. The molecule has 0 spiro atoms. The second kappa shape index (κ2) is 6.67. The Bertz CT molecular complexity index is 462. The standard InChI is InChI=1S/C12H18N4O3/c1-7(2)10(11(17)18)16-12(19)14-6-9-4-5-13-8(3)15-9/h4-5,7,10H,6H2,1-3H3,(H,17,18)(H2,14,16,19)/t10-/m0/s1. The van der Waals surface area contributed by atoms with Crippen molar-refractivity contribution in [1.29, 1.82) is 0 Å². The molecule has 1 aromatic rings. The van der Waals surface area contributed by atoms with E-state index in [1.54, 1.807) is 33.0 Å². The van der Waals surface area contributed by atoms with Crippen molar-refractivity contribution in [2.45, 2.75) is 33.4 Å². The van der Waals surface area contributed by atoms with Gasteiger partial charge in [-0.25, -0.2) is 19.6 Å². The number of carbonyl (C=O) groups is 2. The van der Waals surface area contributed by atoms with E-state index in [0.717, 1.165) is 0 Å². The first-order chi connectivity index (χ1) is 8.90. The molecular weight excluding hydrogens is 248 g/mol. The number of rotatable bonds is 5. The normalized spacial score (nSPS) is 12.0. The lowest BCUT2D eigenvalue weighted by atomic mass is 10.1. The molecule has 7 nitrogen and oxygen atoms in total. The van der Waals surface area contributed by atoms with Crippen LogP contribution >= 0.6 is 0 Å². The zero-order valence-electron chi connectivity index (χ0n) is 11.2. The zero-order chi connectivity index (χ0) is 14.4. The van der Waals surface area contributed by atoms with Gasteiger partial charge in [0.25, 0.3) is 0 Å². The minimum atomic E-state index is -1.05. The van der Waals surface area contributed by atoms with Gasteiger partial charge in [0.1, 0.15) is 11.9 Å². The van der Waals surface area contributed by atoms with Gasteiger partial charge in [0.2, 0.25) is 0 Å². The Morgan fingerprint density at radius 2 is 2.11 bits per heavy atom. The molecule has 0 saturated carbocycles. The van der Waals surface area contributed by atoms with E-state index in [4.69, 9.17) is 5.11 Å². The molecule has 0 unspecified atom stereocenters. The molecule has 19 heavy (non-hydrogen) atoms. The van der Waals surface area contributed by atoms with Crippen LogP contribution in [-0.2, 0) is 11.3 Å². The summed E-state index contributed by atoms with van der Waals surface area (Å²) in [7, 11) is 0. The van der Waals surface area contributed by atoms with Gasteiger partial charge in [0.05, 0.1) is 12.2 Å². The van der Waals surface area contributed by atoms with E-state index in [0.29, 0.717) is 11.5 Å². The summed E-state index contributed by atoms with van der Waals surface area (Å²) in [6.07, 6.45) is 1.60. The van der Waals surface area contributed by atoms with Gasteiger partial charge in [0.15, 0.2) is 0 Å². The number of carboxylic acid groups (broad SMARTS) is 1. The molecule has 3 N–H and O–H groups in total. The van der Waals surface area contributed by atoms with Crippen molar-refractivity contribution in [3.8, 4) is 0 Å². The number of nitrogens with one attached hydrogen (secondary N) is 2. The molecule has 0 aliphatic rings. The van der Waals surface area contributed by atoms with Gasteiger partial charge in [-0.1, -0.05) is 13.8 Å². The highest BCUT2D eigenvalue weighted by Crippen LogP contribution is 2.01. The molecule has 0 fully saturated rings. The number of hydrogen-bond donors (Lipinski definition) is 3. The Hall–Kier alpha value is -2.18. The van der Waals surface area contributed by atoms with Gasteiger partial charge in [-0.3, -0.25) is 0 Å². The Kier molecular flexibility index (Phi) is 5.23. The second-order valence-corrected chi connectivity index (χ2v) is 4.48. The summed E-state index contributed by atoms with van der Waals surface area (Å²) in [5.41, 5.74) is 0.666. The Morgan fingerprint density at radius 3 is 2.63 bits per heavy atom. The second-order valence-electron chi connectivity index (χ2n) is 4.48.